The summed E-state index contributed by atoms with van der Waals surface area (Å²) in [6, 6.07) is 7.96. The topological polar surface area (TPSA) is 50.7 Å². The van der Waals surface area contributed by atoms with Crippen molar-refractivity contribution in [2.24, 2.45) is 0 Å². The van der Waals surface area contributed by atoms with E-state index in [0.717, 1.165) is 29.9 Å². The minimum Gasteiger partial charge on any atom is -0.491 e. The quantitative estimate of drug-likeness (QED) is 0.836. The van der Waals surface area contributed by atoms with E-state index in [0.29, 0.717) is 12.6 Å². The predicted molar refractivity (Wildman–Crippen MR) is 72.9 cm³/mol. The van der Waals surface area contributed by atoms with E-state index < -0.39 is 6.10 Å². The van der Waals surface area contributed by atoms with Crippen molar-refractivity contribution in [3.63, 3.8) is 0 Å². The third-order valence-corrected chi connectivity index (χ3v) is 3.30. The number of nitrogens with one attached hydrogen (secondary N) is 1. The summed E-state index contributed by atoms with van der Waals surface area (Å²) in [5, 5.41) is 13.1. The highest BCUT2D eigenvalue weighted by atomic mass is 79.9. The molecule has 1 aliphatic heterocycles. The van der Waals surface area contributed by atoms with Gasteiger partial charge in [-0.05, 0) is 24.6 Å². The molecular weight excluding hydrogens is 298 g/mol. The third-order valence-electron chi connectivity index (χ3n) is 2.81. The average Bonchev–Trinajstić information content (AvgIpc) is 2.87. The fourth-order valence-corrected chi connectivity index (χ4v) is 2.18. The molecule has 2 atom stereocenters. The second-order valence-corrected chi connectivity index (χ2v) is 5.31. The molecule has 1 aromatic carbocycles. The summed E-state index contributed by atoms with van der Waals surface area (Å²) in [7, 11) is 0. The van der Waals surface area contributed by atoms with Crippen LogP contribution in [-0.2, 0) is 4.74 Å². The molecule has 0 aromatic heterocycles. The summed E-state index contributed by atoms with van der Waals surface area (Å²) in [4.78, 5) is 0. The van der Waals surface area contributed by atoms with E-state index >= 15 is 0 Å². The van der Waals surface area contributed by atoms with Crippen LogP contribution in [0.3, 0.4) is 0 Å². The molecule has 100 valence electrons. The lowest BCUT2D eigenvalue weighted by molar-refractivity contribution is 0.102. The van der Waals surface area contributed by atoms with Crippen molar-refractivity contribution in [1.82, 2.24) is 5.32 Å². The van der Waals surface area contributed by atoms with Gasteiger partial charge in [0.2, 0.25) is 0 Å². The minimum absolute atomic E-state index is 0.289. The first-order chi connectivity index (χ1) is 8.74. The van der Waals surface area contributed by atoms with Crippen LogP contribution in [0.15, 0.2) is 28.7 Å². The van der Waals surface area contributed by atoms with Gasteiger partial charge in [-0.2, -0.15) is 0 Å². The van der Waals surface area contributed by atoms with E-state index in [1.807, 2.05) is 24.3 Å². The van der Waals surface area contributed by atoms with E-state index in [9.17, 15) is 5.11 Å². The third kappa shape index (κ3) is 4.57. The van der Waals surface area contributed by atoms with Gasteiger partial charge >= 0.3 is 0 Å². The van der Waals surface area contributed by atoms with Crippen molar-refractivity contribution >= 4 is 15.9 Å². The van der Waals surface area contributed by atoms with Crippen LogP contribution in [0.4, 0.5) is 0 Å². The molecule has 2 unspecified atom stereocenters. The molecule has 1 heterocycles. The lowest BCUT2D eigenvalue weighted by atomic mass is 10.2. The summed E-state index contributed by atoms with van der Waals surface area (Å²) in [5.41, 5.74) is 0. The van der Waals surface area contributed by atoms with Gasteiger partial charge in [-0.15, -0.1) is 0 Å². The first-order valence-corrected chi connectivity index (χ1v) is 6.91. The van der Waals surface area contributed by atoms with E-state index in [-0.39, 0.29) is 6.61 Å². The van der Waals surface area contributed by atoms with Crippen molar-refractivity contribution in [2.45, 2.75) is 18.6 Å². The molecule has 18 heavy (non-hydrogen) atoms. The van der Waals surface area contributed by atoms with Gasteiger partial charge in [0, 0.05) is 23.7 Å². The Balaban J connectivity index is 1.66. The number of benzene rings is 1. The molecule has 2 rings (SSSR count). The van der Waals surface area contributed by atoms with Crippen molar-refractivity contribution in [1.29, 1.82) is 0 Å². The fourth-order valence-electron chi connectivity index (χ4n) is 1.81. The van der Waals surface area contributed by atoms with Crippen LogP contribution in [0.25, 0.3) is 0 Å². The molecule has 1 fully saturated rings. The van der Waals surface area contributed by atoms with E-state index in [1.54, 1.807) is 0 Å². The van der Waals surface area contributed by atoms with Gasteiger partial charge in [-0.25, -0.2) is 0 Å². The Morgan fingerprint density at radius 2 is 2.44 bits per heavy atom. The maximum atomic E-state index is 9.80. The molecule has 1 saturated heterocycles. The van der Waals surface area contributed by atoms with Crippen LogP contribution in [0, 0.1) is 0 Å². The number of hydrogen-bond donors (Lipinski definition) is 2. The SMILES string of the molecule is OC(CNC1CCOC1)COc1cccc(Br)c1. The zero-order valence-corrected chi connectivity index (χ0v) is 11.7. The number of aliphatic hydroxyl groups is 1. The van der Waals surface area contributed by atoms with Gasteiger partial charge < -0.3 is 19.9 Å². The minimum atomic E-state index is -0.510. The number of halogens is 1. The molecule has 1 aliphatic rings. The second-order valence-electron chi connectivity index (χ2n) is 4.39. The van der Waals surface area contributed by atoms with Crippen LogP contribution >= 0.6 is 15.9 Å². The highest BCUT2D eigenvalue weighted by molar-refractivity contribution is 9.10. The maximum Gasteiger partial charge on any atom is 0.120 e. The van der Waals surface area contributed by atoms with Crippen LogP contribution in [0.5, 0.6) is 5.75 Å². The van der Waals surface area contributed by atoms with E-state index in [1.165, 1.54) is 0 Å². The molecule has 0 aliphatic carbocycles. The van der Waals surface area contributed by atoms with Gasteiger partial charge in [0.1, 0.15) is 18.5 Å². The van der Waals surface area contributed by atoms with Crippen LogP contribution in [0.2, 0.25) is 0 Å². The van der Waals surface area contributed by atoms with E-state index in [4.69, 9.17) is 9.47 Å². The Kier molecular flexibility index (Phi) is 5.44. The van der Waals surface area contributed by atoms with Crippen LogP contribution in [0.1, 0.15) is 6.42 Å². The fraction of sp³-hybridized carbons (Fsp3) is 0.538. The van der Waals surface area contributed by atoms with Crippen molar-refractivity contribution in [3.05, 3.63) is 28.7 Å². The average molecular weight is 316 g/mol. The molecule has 2 N–H and O–H groups in total. The molecule has 4 nitrogen and oxygen atoms in total. The molecular formula is C13H18BrNO3. The van der Waals surface area contributed by atoms with Gasteiger partial charge in [0.15, 0.2) is 0 Å². The Morgan fingerprint density at radius 1 is 1.56 bits per heavy atom. The van der Waals surface area contributed by atoms with Gasteiger partial charge in [-0.1, -0.05) is 22.0 Å². The Bertz CT molecular complexity index is 369. The van der Waals surface area contributed by atoms with Gasteiger partial charge in [0.05, 0.1) is 6.61 Å². The molecule has 1 aromatic rings. The van der Waals surface area contributed by atoms with Crippen molar-refractivity contribution in [3.8, 4) is 5.75 Å². The standard InChI is InChI=1S/C13H18BrNO3/c14-10-2-1-3-13(6-10)18-9-12(16)7-15-11-4-5-17-8-11/h1-3,6,11-12,15-16H,4-5,7-9H2. The summed E-state index contributed by atoms with van der Waals surface area (Å²) < 4.78 is 11.7. The summed E-state index contributed by atoms with van der Waals surface area (Å²) >= 11 is 3.38. The number of aliphatic hydroxyl groups excluding tert-OH is 1. The van der Waals surface area contributed by atoms with E-state index in [2.05, 4.69) is 21.2 Å². The molecule has 0 saturated carbocycles. The first-order valence-electron chi connectivity index (χ1n) is 6.11. The highest BCUT2D eigenvalue weighted by Crippen LogP contribution is 2.17. The lowest BCUT2D eigenvalue weighted by Crippen LogP contribution is -2.38. The first kappa shape index (κ1) is 13.8. The summed E-state index contributed by atoms with van der Waals surface area (Å²) in [6.07, 6.45) is 0.503. The molecule has 0 bridgehead atoms. The Hall–Kier alpha value is -0.620. The monoisotopic (exact) mass is 315 g/mol. The van der Waals surface area contributed by atoms with Crippen LogP contribution in [-0.4, -0.2) is 43.6 Å². The lowest BCUT2D eigenvalue weighted by Gasteiger charge is -2.16. The zero-order valence-electron chi connectivity index (χ0n) is 10.1. The van der Waals surface area contributed by atoms with Crippen molar-refractivity contribution < 1.29 is 14.6 Å². The second kappa shape index (κ2) is 7.09. The highest BCUT2D eigenvalue weighted by Gasteiger charge is 2.16. The van der Waals surface area contributed by atoms with Crippen molar-refractivity contribution in [2.75, 3.05) is 26.4 Å². The Morgan fingerprint density at radius 3 is 3.17 bits per heavy atom. The molecule has 5 heteroatoms. The largest absolute Gasteiger partial charge is 0.491 e. The summed E-state index contributed by atoms with van der Waals surface area (Å²) in [5.74, 6) is 0.757. The summed E-state index contributed by atoms with van der Waals surface area (Å²) in [6.45, 7) is 2.36. The molecule has 0 radical (unpaired) electrons. The zero-order chi connectivity index (χ0) is 12.8. The van der Waals surface area contributed by atoms with Crippen LogP contribution < -0.4 is 10.1 Å². The number of hydrogen-bond acceptors (Lipinski definition) is 4. The molecule has 0 amide bonds. The number of ether oxygens (including phenoxy) is 2. The smallest absolute Gasteiger partial charge is 0.120 e. The van der Waals surface area contributed by atoms with Gasteiger partial charge in [0.25, 0.3) is 0 Å². The normalized spacial score (nSPS) is 20.9. The van der Waals surface area contributed by atoms with Gasteiger partial charge in [-0.3, -0.25) is 0 Å². The maximum absolute atomic E-state index is 9.80. The number of rotatable bonds is 6. The molecule has 0 spiro atoms. The Labute approximate surface area is 115 Å². The predicted octanol–water partition coefficient (Wildman–Crippen LogP) is 1.57.